The Kier molecular flexibility index (Phi) is 9.70. The van der Waals surface area contributed by atoms with Crippen molar-refractivity contribution in [2.45, 2.75) is 50.3 Å². The Balaban J connectivity index is 1.76. The molecule has 0 radical (unpaired) electrons. The molecule has 0 bridgehead atoms. The van der Waals surface area contributed by atoms with Crippen molar-refractivity contribution in [3.8, 4) is 0 Å². The summed E-state index contributed by atoms with van der Waals surface area (Å²) in [6, 6.07) is 3.59. The van der Waals surface area contributed by atoms with E-state index in [4.69, 9.17) is 4.74 Å². The Hall–Kier alpha value is -1.16. The molecule has 0 amide bonds. The topological polar surface area (TPSA) is 83.0 Å². The first-order valence-corrected chi connectivity index (χ1v) is 12.3. The fourth-order valence-electron chi connectivity index (χ4n) is 2.92. The number of aliphatic imine (C=N–C) groups is 1. The maximum Gasteiger partial charge on any atom is 0.252 e. The average Bonchev–Trinajstić information content (AvgIpc) is 3.17. The molecule has 9 heteroatoms. The molecule has 2 rings (SSSR count). The van der Waals surface area contributed by atoms with Gasteiger partial charge in [0, 0.05) is 44.8 Å². The van der Waals surface area contributed by atoms with Crippen LogP contribution in [0.2, 0.25) is 0 Å². The van der Waals surface area contributed by atoms with E-state index in [1.165, 1.54) is 11.3 Å². The Labute approximate surface area is 173 Å². The van der Waals surface area contributed by atoms with Crippen LogP contribution >= 0.6 is 11.3 Å². The van der Waals surface area contributed by atoms with Crippen LogP contribution in [0.25, 0.3) is 0 Å². The number of piperidine rings is 1. The highest BCUT2D eigenvalue weighted by Gasteiger charge is 2.27. The van der Waals surface area contributed by atoms with Crippen LogP contribution in [0.4, 0.5) is 0 Å². The quantitative estimate of drug-likeness (QED) is 0.339. The van der Waals surface area contributed by atoms with Crippen molar-refractivity contribution in [3.63, 3.8) is 0 Å². The fraction of sp³-hybridized carbons (Fsp3) is 0.737. The molecule has 0 aromatic carbocycles. The van der Waals surface area contributed by atoms with Crippen molar-refractivity contribution in [1.29, 1.82) is 0 Å². The monoisotopic (exact) mass is 430 g/mol. The lowest BCUT2D eigenvalue weighted by Gasteiger charge is -2.25. The molecule has 2 heterocycles. The first-order chi connectivity index (χ1) is 13.4. The van der Waals surface area contributed by atoms with E-state index in [-0.39, 0.29) is 0 Å². The van der Waals surface area contributed by atoms with Crippen LogP contribution in [0, 0.1) is 5.92 Å². The molecule has 1 fully saturated rings. The SMILES string of the molecule is CN=C(NCCCOCC(C)C)NCc1ccc(S(=O)(=O)N2CCCCC2)s1. The molecule has 1 aliphatic heterocycles. The Morgan fingerprint density at radius 1 is 1.25 bits per heavy atom. The van der Waals surface area contributed by atoms with E-state index < -0.39 is 10.0 Å². The number of guanidine groups is 1. The van der Waals surface area contributed by atoms with Gasteiger partial charge in [-0.3, -0.25) is 4.99 Å². The zero-order valence-corrected chi connectivity index (χ0v) is 18.9. The Morgan fingerprint density at radius 3 is 2.68 bits per heavy atom. The number of hydrogen-bond acceptors (Lipinski definition) is 5. The van der Waals surface area contributed by atoms with Crippen LogP contribution in [0.3, 0.4) is 0 Å². The first kappa shape index (κ1) is 23.1. The molecule has 1 aromatic rings. The lowest BCUT2D eigenvalue weighted by molar-refractivity contribution is 0.108. The van der Waals surface area contributed by atoms with Gasteiger partial charge in [0.05, 0.1) is 6.54 Å². The highest BCUT2D eigenvalue weighted by molar-refractivity contribution is 7.91. The van der Waals surface area contributed by atoms with Crippen LogP contribution < -0.4 is 10.6 Å². The van der Waals surface area contributed by atoms with Gasteiger partial charge < -0.3 is 15.4 Å². The van der Waals surface area contributed by atoms with E-state index in [1.807, 2.05) is 6.07 Å². The molecule has 7 nitrogen and oxygen atoms in total. The number of ether oxygens (including phenoxy) is 1. The summed E-state index contributed by atoms with van der Waals surface area (Å²) >= 11 is 1.33. The summed E-state index contributed by atoms with van der Waals surface area (Å²) in [7, 11) is -1.62. The van der Waals surface area contributed by atoms with Crippen LogP contribution in [0.15, 0.2) is 21.3 Å². The van der Waals surface area contributed by atoms with Crippen LogP contribution in [0.1, 0.15) is 44.4 Å². The van der Waals surface area contributed by atoms with Gasteiger partial charge >= 0.3 is 0 Å². The van der Waals surface area contributed by atoms with Crippen LogP contribution in [-0.2, 0) is 21.3 Å². The molecule has 0 unspecified atom stereocenters. The number of rotatable bonds is 10. The molecule has 0 saturated carbocycles. The van der Waals surface area contributed by atoms with Gasteiger partial charge in [-0.1, -0.05) is 20.3 Å². The summed E-state index contributed by atoms with van der Waals surface area (Å²) in [6.45, 7) is 8.37. The molecule has 0 aliphatic carbocycles. The molecule has 1 saturated heterocycles. The molecule has 0 spiro atoms. The van der Waals surface area contributed by atoms with Gasteiger partial charge in [-0.25, -0.2) is 8.42 Å². The standard InChI is InChI=1S/C19H34N4O3S2/c1-16(2)15-26-13-7-10-21-19(20-3)22-14-17-8-9-18(27-17)28(24,25)23-11-5-4-6-12-23/h8-9,16H,4-7,10-15H2,1-3H3,(H2,20,21,22). The molecule has 1 aromatic heterocycles. The highest BCUT2D eigenvalue weighted by atomic mass is 32.2. The summed E-state index contributed by atoms with van der Waals surface area (Å²) in [5.74, 6) is 1.26. The molecule has 1 aliphatic rings. The second kappa shape index (κ2) is 11.7. The van der Waals surface area contributed by atoms with Crippen molar-refractivity contribution in [1.82, 2.24) is 14.9 Å². The van der Waals surface area contributed by atoms with E-state index in [1.54, 1.807) is 17.4 Å². The summed E-state index contributed by atoms with van der Waals surface area (Å²) in [5.41, 5.74) is 0. The van der Waals surface area contributed by atoms with Crippen molar-refractivity contribution in [2.75, 3.05) is 39.9 Å². The van der Waals surface area contributed by atoms with Gasteiger partial charge in [0.15, 0.2) is 5.96 Å². The van der Waals surface area contributed by atoms with E-state index in [2.05, 4.69) is 29.5 Å². The Morgan fingerprint density at radius 2 is 2.00 bits per heavy atom. The van der Waals surface area contributed by atoms with Gasteiger partial charge in [-0.05, 0) is 37.3 Å². The third-order valence-electron chi connectivity index (χ3n) is 4.41. The maximum atomic E-state index is 12.7. The minimum atomic E-state index is -3.35. The summed E-state index contributed by atoms with van der Waals surface area (Å²) in [6.07, 6.45) is 3.92. The van der Waals surface area contributed by atoms with Gasteiger partial charge in [0.25, 0.3) is 10.0 Å². The summed E-state index contributed by atoms with van der Waals surface area (Å²) in [5, 5.41) is 6.49. The van der Waals surface area contributed by atoms with Crippen LogP contribution in [-0.4, -0.2) is 58.6 Å². The molecule has 28 heavy (non-hydrogen) atoms. The smallest absolute Gasteiger partial charge is 0.252 e. The van der Waals surface area contributed by atoms with Gasteiger partial charge in [-0.2, -0.15) is 4.31 Å². The largest absolute Gasteiger partial charge is 0.381 e. The molecular weight excluding hydrogens is 396 g/mol. The van der Waals surface area contributed by atoms with Crippen LogP contribution in [0.5, 0.6) is 0 Å². The maximum absolute atomic E-state index is 12.7. The van der Waals surface area contributed by atoms with Gasteiger partial charge in [-0.15, -0.1) is 11.3 Å². The van der Waals surface area contributed by atoms with Crippen molar-refractivity contribution >= 4 is 27.3 Å². The van der Waals surface area contributed by atoms with Crippen molar-refractivity contribution in [2.24, 2.45) is 10.9 Å². The van der Waals surface area contributed by atoms with E-state index in [0.717, 1.165) is 50.3 Å². The number of hydrogen-bond donors (Lipinski definition) is 2. The fourth-order valence-corrected chi connectivity index (χ4v) is 5.88. The third-order valence-corrected chi connectivity index (χ3v) is 7.86. The predicted octanol–water partition coefficient (Wildman–Crippen LogP) is 2.65. The minimum absolute atomic E-state index is 0.427. The van der Waals surface area contributed by atoms with E-state index in [0.29, 0.717) is 35.7 Å². The zero-order valence-electron chi connectivity index (χ0n) is 17.2. The normalized spacial score (nSPS) is 16.5. The lowest BCUT2D eigenvalue weighted by Crippen LogP contribution is -2.37. The second-order valence-electron chi connectivity index (χ2n) is 7.36. The van der Waals surface area contributed by atoms with Gasteiger partial charge in [0.1, 0.15) is 4.21 Å². The molecule has 160 valence electrons. The number of thiophene rings is 1. The predicted molar refractivity (Wildman–Crippen MR) is 115 cm³/mol. The molecule has 0 atom stereocenters. The van der Waals surface area contributed by atoms with E-state index in [9.17, 15) is 8.42 Å². The zero-order chi connectivity index (χ0) is 20.4. The summed E-state index contributed by atoms with van der Waals surface area (Å²) < 4.78 is 33.1. The van der Waals surface area contributed by atoms with Crippen molar-refractivity contribution < 1.29 is 13.2 Å². The molecular formula is C19H34N4O3S2. The van der Waals surface area contributed by atoms with Crippen molar-refractivity contribution in [3.05, 3.63) is 17.0 Å². The Bertz CT molecular complexity index is 711. The average molecular weight is 431 g/mol. The highest BCUT2D eigenvalue weighted by Crippen LogP contribution is 2.26. The number of sulfonamides is 1. The number of nitrogens with zero attached hydrogens (tertiary/aromatic N) is 2. The minimum Gasteiger partial charge on any atom is -0.381 e. The first-order valence-electron chi connectivity index (χ1n) is 10.0. The number of nitrogens with one attached hydrogen (secondary N) is 2. The summed E-state index contributed by atoms with van der Waals surface area (Å²) in [4.78, 5) is 5.18. The molecule has 2 N–H and O–H groups in total. The van der Waals surface area contributed by atoms with Gasteiger partial charge in [0.2, 0.25) is 0 Å². The lowest BCUT2D eigenvalue weighted by atomic mass is 10.2. The third kappa shape index (κ3) is 7.35. The second-order valence-corrected chi connectivity index (χ2v) is 10.7. The van der Waals surface area contributed by atoms with E-state index >= 15 is 0 Å².